The van der Waals surface area contributed by atoms with Crippen molar-refractivity contribution in [3.63, 3.8) is 0 Å². The summed E-state index contributed by atoms with van der Waals surface area (Å²) in [4.78, 5) is 4.35. The van der Waals surface area contributed by atoms with Gasteiger partial charge in [0.1, 0.15) is 0 Å². The van der Waals surface area contributed by atoms with E-state index >= 15 is 0 Å². The molecule has 48 heavy (non-hydrogen) atoms. The zero-order valence-corrected chi connectivity index (χ0v) is 26.6. The number of fused-ring (bicyclic) bond motifs is 4. The third kappa shape index (κ3) is 5.01. The van der Waals surface area contributed by atoms with Gasteiger partial charge in [-0.2, -0.15) is 0 Å². The van der Waals surface area contributed by atoms with Gasteiger partial charge in [0.15, 0.2) is 0 Å². The van der Waals surface area contributed by atoms with Gasteiger partial charge in [0.2, 0.25) is 0 Å². The Hall–Kier alpha value is -6.05. The van der Waals surface area contributed by atoms with Crippen molar-refractivity contribution in [3.05, 3.63) is 187 Å². The Kier molecular flexibility index (Phi) is 7.02. The van der Waals surface area contributed by atoms with Gasteiger partial charge in [0, 0.05) is 12.4 Å². The number of aromatic nitrogens is 1. The molecule has 9 aromatic rings. The molecular weight excluding hydrogens is 579 g/mol. The van der Waals surface area contributed by atoms with Gasteiger partial charge < -0.3 is 0 Å². The monoisotopic (exact) mass is 611 g/mol. The second kappa shape index (κ2) is 12.0. The predicted octanol–water partition coefficient (Wildman–Crippen LogP) is 12.5. The molecule has 0 atom stereocenters. The van der Waals surface area contributed by atoms with Gasteiger partial charge in [-0.1, -0.05) is 152 Å². The van der Waals surface area contributed by atoms with Crippen molar-refractivity contribution < 1.29 is 0 Å². The van der Waals surface area contributed by atoms with E-state index in [0.717, 1.165) is 12.8 Å². The standard InChI is InChI=1S/C47H33N/c1-2-12-38-30-39(26-21-34(38)10-1)47-43-16-6-5-15-42(43)46(44-27-20-32(29-45(44)47)18-19-33-9-8-28-48-31-33)37-24-22-36(23-25-37)41-17-7-13-35-11-3-4-14-40(35)41/h1-17,20-31H,18-19H2. The summed E-state index contributed by atoms with van der Waals surface area (Å²) >= 11 is 0. The molecule has 0 aliphatic rings. The molecule has 0 saturated carbocycles. The van der Waals surface area contributed by atoms with Gasteiger partial charge >= 0.3 is 0 Å². The van der Waals surface area contributed by atoms with E-state index in [0.29, 0.717) is 0 Å². The first-order valence-corrected chi connectivity index (χ1v) is 16.7. The van der Waals surface area contributed by atoms with E-state index in [1.165, 1.54) is 87.6 Å². The van der Waals surface area contributed by atoms with Gasteiger partial charge in [0.25, 0.3) is 0 Å². The number of aryl methyl sites for hydroxylation is 2. The number of rotatable bonds is 6. The molecule has 1 aromatic heterocycles. The molecule has 0 aliphatic carbocycles. The molecule has 1 heteroatoms. The second-order valence-corrected chi connectivity index (χ2v) is 12.7. The van der Waals surface area contributed by atoms with E-state index in [1.54, 1.807) is 0 Å². The van der Waals surface area contributed by atoms with Crippen molar-refractivity contribution in [1.82, 2.24) is 4.98 Å². The van der Waals surface area contributed by atoms with E-state index in [-0.39, 0.29) is 0 Å². The summed E-state index contributed by atoms with van der Waals surface area (Å²) in [5, 5.41) is 10.2. The minimum atomic E-state index is 0.959. The van der Waals surface area contributed by atoms with Gasteiger partial charge in [-0.3, -0.25) is 4.98 Å². The highest BCUT2D eigenvalue weighted by atomic mass is 14.6. The van der Waals surface area contributed by atoms with Crippen LogP contribution in [-0.4, -0.2) is 4.98 Å². The first kappa shape index (κ1) is 28.2. The lowest BCUT2D eigenvalue weighted by Crippen LogP contribution is -1.95. The zero-order chi connectivity index (χ0) is 31.9. The Morgan fingerprint density at radius 2 is 0.979 bits per heavy atom. The Morgan fingerprint density at radius 1 is 0.354 bits per heavy atom. The van der Waals surface area contributed by atoms with Crippen LogP contribution in [-0.2, 0) is 12.8 Å². The molecule has 0 spiro atoms. The second-order valence-electron chi connectivity index (χ2n) is 12.7. The highest BCUT2D eigenvalue weighted by Crippen LogP contribution is 2.45. The van der Waals surface area contributed by atoms with Crippen LogP contribution >= 0.6 is 0 Å². The average Bonchev–Trinajstić information content (AvgIpc) is 3.16. The lowest BCUT2D eigenvalue weighted by molar-refractivity contribution is 0.952. The van der Waals surface area contributed by atoms with Crippen LogP contribution in [0.3, 0.4) is 0 Å². The van der Waals surface area contributed by atoms with E-state index < -0.39 is 0 Å². The van der Waals surface area contributed by atoms with Crippen LogP contribution < -0.4 is 0 Å². The summed E-state index contributed by atoms with van der Waals surface area (Å²) in [6.45, 7) is 0. The van der Waals surface area contributed by atoms with E-state index in [1.807, 2.05) is 18.5 Å². The Morgan fingerprint density at radius 3 is 1.77 bits per heavy atom. The van der Waals surface area contributed by atoms with Gasteiger partial charge in [-0.25, -0.2) is 0 Å². The Labute approximate surface area is 280 Å². The molecule has 0 aliphatic heterocycles. The normalized spacial score (nSPS) is 11.5. The maximum Gasteiger partial charge on any atom is 0.0299 e. The Bertz CT molecular complexity index is 2590. The molecular formula is C47H33N. The summed E-state index contributed by atoms with van der Waals surface area (Å²) in [5.41, 5.74) is 10.2. The number of benzene rings is 8. The molecule has 9 rings (SSSR count). The number of pyridine rings is 1. The van der Waals surface area contributed by atoms with Crippen LogP contribution in [0.25, 0.3) is 76.5 Å². The van der Waals surface area contributed by atoms with Crippen molar-refractivity contribution in [3.8, 4) is 33.4 Å². The summed E-state index contributed by atoms with van der Waals surface area (Å²) < 4.78 is 0. The predicted molar refractivity (Wildman–Crippen MR) is 204 cm³/mol. The van der Waals surface area contributed by atoms with E-state index in [4.69, 9.17) is 0 Å². The summed E-state index contributed by atoms with van der Waals surface area (Å²) in [6.07, 6.45) is 5.74. The van der Waals surface area contributed by atoms with Crippen molar-refractivity contribution in [2.45, 2.75) is 12.8 Å². The maximum absolute atomic E-state index is 4.35. The highest BCUT2D eigenvalue weighted by Gasteiger charge is 2.18. The highest BCUT2D eigenvalue weighted by molar-refractivity contribution is 6.22. The quantitative estimate of drug-likeness (QED) is 0.170. The minimum Gasteiger partial charge on any atom is -0.264 e. The molecule has 0 unspecified atom stereocenters. The van der Waals surface area contributed by atoms with Gasteiger partial charge in [0.05, 0.1) is 0 Å². The van der Waals surface area contributed by atoms with Crippen LogP contribution in [0.15, 0.2) is 176 Å². The number of hydrogen-bond donors (Lipinski definition) is 0. The number of hydrogen-bond acceptors (Lipinski definition) is 1. The molecule has 1 heterocycles. The van der Waals surface area contributed by atoms with Crippen molar-refractivity contribution in [2.75, 3.05) is 0 Å². The van der Waals surface area contributed by atoms with E-state index in [9.17, 15) is 0 Å². The summed E-state index contributed by atoms with van der Waals surface area (Å²) in [6, 6.07) is 60.2. The first-order chi connectivity index (χ1) is 23.8. The number of nitrogens with zero attached hydrogens (tertiary/aromatic N) is 1. The van der Waals surface area contributed by atoms with Crippen LogP contribution in [0.1, 0.15) is 11.1 Å². The molecule has 0 N–H and O–H groups in total. The lowest BCUT2D eigenvalue weighted by atomic mass is 9.84. The molecule has 226 valence electrons. The maximum atomic E-state index is 4.35. The van der Waals surface area contributed by atoms with Crippen molar-refractivity contribution >= 4 is 43.1 Å². The van der Waals surface area contributed by atoms with Crippen LogP contribution in [0.5, 0.6) is 0 Å². The largest absolute Gasteiger partial charge is 0.264 e. The van der Waals surface area contributed by atoms with Crippen molar-refractivity contribution in [2.24, 2.45) is 0 Å². The zero-order valence-electron chi connectivity index (χ0n) is 26.6. The molecule has 0 saturated heterocycles. The average molecular weight is 612 g/mol. The van der Waals surface area contributed by atoms with E-state index in [2.05, 4.69) is 163 Å². The van der Waals surface area contributed by atoms with Gasteiger partial charge in [-0.15, -0.1) is 0 Å². The molecule has 0 bridgehead atoms. The molecule has 1 nitrogen and oxygen atoms in total. The van der Waals surface area contributed by atoms with Crippen LogP contribution in [0, 0.1) is 0 Å². The fraction of sp³-hybridized carbons (Fsp3) is 0.0426. The third-order valence-electron chi connectivity index (χ3n) is 9.83. The third-order valence-corrected chi connectivity index (χ3v) is 9.83. The molecule has 8 aromatic carbocycles. The lowest BCUT2D eigenvalue weighted by Gasteiger charge is -2.19. The van der Waals surface area contributed by atoms with Gasteiger partial charge in [-0.05, 0) is 113 Å². The summed E-state index contributed by atoms with van der Waals surface area (Å²) in [7, 11) is 0. The topological polar surface area (TPSA) is 12.9 Å². The van der Waals surface area contributed by atoms with Crippen LogP contribution in [0.4, 0.5) is 0 Å². The van der Waals surface area contributed by atoms with Crippen LogP contribution in [0.2, 0.25) is 0 Å². The summed E-state index contributed by atoms with van der Waals surface area (Å²) in [5.74, 6) is 0. The molecule has 0 radical (unpaired) electrons. The SMILES string of the molecule is c1cncc(CCc2ccc3c(-c4ccc(-c5cccc6ccccc56)cc4)c4ccccc4c(-c4ccc5ccccc5c4)c3c2)c1. The molecule has 0 fully saturated rings. The first-order valence-electron chi connectivity index (χ1n) is 16.7. The fourth-order valence-electron chi connectivity index (χ4n) is 7.48. The molecule has 0 amide bonds. The Balaban J connectivity index is 1.25. The minimum absolute atomic E-state index is 0.959. The smallest absolute Gasteiger partial charge is 0.0299 e. The van der Waals surface area contributed by atoms with Crippen molar-refractivity contribution in [1.29, 1.82) is 0 Å². The fourth-order valence-corrected chi connectivity index (χ4v) is 7.48.